The van der Waals surface area contributed by atoms with Gasteiger partial charge in [-0.25, -0.2) is 14.2 Å². The quantitative estimate of drug-likeness (QED) is 0.778. The summed E-state index contributed by atoms with van der Waals surface area (Å²) >= 11 is 0. The molecule has 82 valence electrons. The first-order chi connectivity index (χ1) is 7.72. The number of hydrogen-bond donors (Lipinski definition) is 1. The minimum Gasteiger partial charge on any atom is -0.465 e. The Balaban J connectivity index is 2.41. The van der Waals surface area contributed by atoms with Crippen LogP contribution in [0.5, 0.6) is 0 Å². The Morgan fingerprint density at radius 3 is 2.88 bits per heavy atom. The maximum atomic E-state index is 13.6. The topological polar surface area (TPSA) is 67.9 Å². The number of benzene rings is 1. The van der Waals surface area contributed by atoms with Gasteiger partial charge < -0.3 is 4.74 Å². The fourth-order valence-electron chi connectivity index (χ4n) is 1.29. The van der Waals surface area contributed by atoms with Gasteiger partial charge in [-0.05, 0) is 18.2 Å². The lowest BCUT2D eigenvalue weighted by Crippen LogP contribution is -2.02. The standard InChI is InChI=1S/C10H8FN3O2/c1-16-10(15)6-2-3-7(8(11)4-6)9-12-5-13-14-9/h2-5H,1H3,(H,12,13,14). The van der Waals surface area contributed by atoms with E-state index in [2.05, 4.69) is 19.9 Å². The highest BCUT2D eigenvalue weighted by Gasteiger charge is 2.12. The van der Waals surface area contributed by atoms with Crippen molar-refractivity contribution in [2.75, 3.05) is 7.11 Å². The van der Waals surface area contributed by atoms with Crippen molar-refractivity contribution in [3.8, 4) is 11.4 Å². The van der Waals surface area contributed by atoms with Crippen LogP contribution in [-0.2, 0) is 4.74 Å². The first kappa shape index (κ1) is 10.3. The van der Waals surface area contributed by atoms with E-state index >= 15 is 0 Å². The summed E-state index contributed by atoms with van der Waals surface area (Å²) in [4.78, 5) is 15.0. The number of nitrogens with zero attached hydrogens (tertiary/aromatic N) is 2. The Morgan fingerprint density at radius 2 is 2.31 bits per heavy atom. The van der Waals surface area contributed by atoms with Gasteiger partial charge in [-0.3, -0.25) is 5.10 Å². The zero-order chi connectivity index (χ0) is 11.5. The number of carbonyl (C=O) groups is 1. The average Bonchev–Trinajstić information content (AvgIpc) is 2.81. The normalized spacial score (nSPS) is 10.1. The molecule has 5 nitrogen and oxygen atoms in total. The molecule has 0 aliphatic carbocycles. The molecule has 1 heterocycles. The summed E-state index contributed by atoms with van der Waals surface area (Å²) in [7, 11) is 1.24. The van der Waals surface area contributed by atoms with Crippen LogP contribution in [0.2, 0.25) is 0 Å². The number of rotatable bonds is 2. The fraction of sp³-hybridized carbons (Fsp3) is 0.100. The van der Waals surface area contributed by atoms with Crippen molar-refractivity contribution in [2.24, 2.45) is 0 Å². The van der Waals surface area contributed by atoms with Crippen molar-refractivity contribution in [2.45, 2.75) is 0 Å². The molecule has 1 aromatic heterocycles. The van der Waals surface area contributed by atoms with Crippen molar-refractivity contribution in [3.05, 3.63) is 35.9 Å². The van der Waals surface area contributed by atoms with Gasteiger partial charge in [0.15, 0.2) is 5.82 Å². The third kappa shape index (κ3) is 1.77. The van der Waals surface area contributed by atoms with Crippen LogP contribution in [0.15, 0.2) is 24.5 Å². The first-order valence-corrected chi connectivity index (χ1v) is 4.46. The number of aromatic nitrogens is 3. The predicted octanol–water partition coefficient (Wildman–Crippen LogP) is 1.40. The number of hydrogen-bond acceptors (Lipinski definition) is 4. The summed E-state index contributed by atoms with van der Waals surface area (Å²) in [5.41, 5.74) is 0.411. The van der Waals surface area contributed by atoms with Crippen LogP contribution in [0, 0.1) is 5.82 Å². The Hall–Kier alpha value is -2.24. The Kier molecular flexibility index (Phi) is 2.63. The van der Waals surface area contributed by atoms with Crippen molar-refractivity contribution in [1.29, 1.82) is 0 Å². The van der Waals surface area contributed by atoms with Gasteiger partial charge in [-0.15, -0.1) is 0 Å². The van der Waals surface area contributed by atoms with Gasteiger partial charge in [0.25, 0.3) is 0 Å². The van der Waals surface area contributed by atoms with E-state index in [0.717, 1.165) is 6.07 Å². The van der Waals surface area contributed by atoms with E-state index in [0.29, 0.717) is 5.82 Å². The van der Waals surface area contributed by atoms with Crippen LogP contribution in [0.25, 0.3) is 11.4 Å². The van der Waals surface area contributed by atoms with E-state index < -0.39 is 11.8 Å². The average molecular weight is 221 g/mol. The molecule has 6 heteroatoms. The van der Waals surface area contributed by atoms with E-state index in [1.54, 1.807) is 0 Å². The molecule has 0 unspecified atom stereocenters. The highest BCUT2D eigenvalue weighted by Crippen LogP contribution is 2.19. The number of nitrogens with one attached hydrogen (secondary N) is 1. The largest absolute Gasteiger partial charge is 0.465 e. The lowest BCUT2D eigenvalue weighted by molar-refractivity contribution is 0.0600. The highest BCUT2D eigenvalue weighted by molar-refractivity contribution is 5.89. The molecule has 0 fully saturated rings. The number of halogens is 1. The molecule has 0 amide bonds. The molecule has 0 aliphatic heterocycles. The zero-order valence-corrected chi connectivity index (χ0v) is 8.40. The number of methoxy groups -OCH3 is 1. The Morgan fingerprint density at radius 1 is 1.50 bits per heavy atom. The minimum atomic E-state index is -0.581. The molecule has 0 radical (unpaired) electrons. The van der Waals surface area contributed by atoms with E-state index in [1.165, 1.54) is 25.6 Å². The van der Waals surface area contributed by atoms with Gasteiger partial charge in [0.05, 0.1) is 18.2 Å². The van der Waals surface area contributed by atoms with Gasteiger partial charge in [-0.1, -0.05) is 0 Å². The van der Waals surface area contributed by atoms with E-state index in [9.17, 15) is 9.18 Å². The molecule has 0 spiro atoms. The lowest BCUT2D eigenvalue weighted by Gasteiger charge is -2.02. The predicted molar refractivity (Wildman–Crippen MR) is 53.1 cm³/mol. The van der Waals surface area contributed by atoms with Crippen LogP contribution < -0.4 is 0 Å². The smallest absolute Gasteiger partial charge is 0.337 e. The van der Waals surface area contributed by atoms with Gasteiger partial charge in [-0.2, -0.15) is 5.10 Å². The minimum absolute atomic E-state index is 0.156. The monoisotopic (exact) mass is 221 g/mol. The summed E-state index contributed by atoms with van der Waals surface area (Å²) in [6, 6.07) is 4.01. The third-order valence-electron chi connectivity index (χ3n) is 2.06. The Bertz CT molecular complexity index is 511. The van der Waals surface area contributed by atoms with E-state index in [-0.39, 0.29) is 11.1 Å². The third-order valence-corrected chi connectivity index (χ3v) is 2.06. The maximum Gasteiger partial charge on any atom is 0.337 e. The van der Waals surface area contributed by atoms with Crippen LogP contribution in [-0.4, -0.2) is 28.3 Å². The van der Waals surface area contributed by atoms with Crippen LogP contribution >= 0.6 is 0 Å². The van der Waals surface area contributed by atoms with Crippen LogP contribution in [0.4, 0.5) is 4.39 Å². The zero-order valence-electron chi connectivity index (χ0n) is 8.40. The van der Waals surface area contributed by atoms with Gasteiger partial charge in [0.2, 0.25) is 0 Å². The highest BCUT2D eigenvalue weighted by atomic mass is 19.1. The van der Waals surface area contributed by atoms with Crippen LogP contribution in [0.3, 0.4) is 0 Å². The fourth-order valence-corrected chi connectivity index (χ4v) is 1.29. The van der Waals surface area contributed by atoms with Crippen LogP contribution in [0.1, 0.15) is 10.4 Å². The van der Waals surface area contributed by atoms with Crippen molar-refractivity contribution < 1.29 is 13.9 Å². The molecular formula is C10H8FN3O2. The molecule has 0 bridgehead atoms. The first-order valence-electron chi connectivity index (χ1n) is 4.46. The second-order valence-corrected chi connectivity index (χ2v) is 3.02. The molecule has 0 saturated carbocycles. The Labute approximate surface area is 90.3 Å². The number of H-pyrrole nitrogens is 1. The number of ether oxygens (including phenoxy) is 1. The summed E-state index contributed by atoms with van der Waals surface area (Å²) in [5.74, 6) is -0.823. The summed E-state index contributed by atoms with van der Waals surface area (Å²) < 4.78 is 18.1. The number of aromatic amines is 1. The molecule has 2 aromatic rings. The molecule has 2 rings (SSSR count). The molecule has 16 heavy (non-hydrogen) atoms. The SMILES string of the molecule is COC(=O)c1ccc(-c2ncn[nH]2)c(F)c1. The number of carbonyl (C=O) groups excluding carboxylic acids is 1. The van der Waals surface area contributed by atoms with E-state index in [1.807, 2.05) is 0 Å². The van der Waals surface area contributed by atoms with Crippen molar-refractivity contribution in [3.63, 3.8) is 0 Å². The van der Waals surface area contributed by atoms with E-state index in [4.69, 9.17) is 0 Å². The lowest BCUT2D eigenvalue weighted by atomic mass is 10.1. The molecule has 0 aliphatic rings. The second-order valence-electron chi connectivity index (χ2n) is 3.02. The molecule has 0 saturated heterocycles. The van der Waals surface area contributed by atoms with Gasteiger partial charge >= 0.3 is 5.97 Å². The molecule has 0 atom stereocenters. The summed E-state index contributed by atoms with van der Waals surface area (Å²) in [6.07, 6.45) is 1.28. The molecule has 1 N–H and O–H groups in total. The van der Waals surface area contributed by atoms with Crippen molar-refractivity contribution >= 4 is 5.97 Å². The van der Waals surface area contributed by atoms with Gasteiger partial charge in [0.1, 0.15) is 12.1 Å². The molecular weight excluding hydrogens is 213 g/mol. The summed E-state index contributed by atoms with van der Waals surface area (Å²) in [5, 5.41) is 6.16. The second kappa shape index (κ2) is 4.09. The summed E-state index contributed by atoms with van der Waals surface area (Å²) in [6.45, 7) is 0. The maximum absolute atomic E-state index is 13.6. The number of esters is 1. The molecule has 1 aromatic carbocycles. The van der Waals surface area contributed by atoms with Gasteiger partial charge in [0, 0.05) is 0 Å². The van der Waals surface area contributed by atoms with Crippen molar-refractivity contribution in [1.82, 2.24) is 15.2 Å².